The molecule has 40 heavy (non-hydrogen) atoms. The predicted octanol–water partition coefficient (Wildman–Crippen LogP) is 1.31. The first-order valence-electron chi connectivity index (χ1n) is 12.6. The largest absolute Gasteiger partial charge is 0.326 e. The lowest BCUT2D eigenvalue weighted by molar-refractivity contribution is 0.643. The van der Waals surface area contributed by atoms with E-state index in [9.17, 15) is 0 Å². The standard InChI is InChI=1S/C24H34N16/c1-13-25-14(2)30-21(29-13)37(9)11-39(23-33-17(5)27-18(6)34-23)12-40(24-35-19(7)28-20(8)36-24)38(10)22-31-15(3)26-16(4)32-22/h11-12H2,1-10H3. The van der Waals surface area contributed by atoms with Gasteiger partial charge in [0.05, 0.1) is 6.67 Å². The van der Waals surface area contributed by atoms with Gasteiger partial charge in [0.2, 0.25) is 23.8 Å². The molecule has 16 heteroatoms. The van der Waals surface area contributed by atoms with Gasteiger partial charge in [0.25, 0.3) is 0 Å². The fraction of sp³-hybridized carbons (Fsp3) is 0.500. The van der Waals surface area contributed by atoms with E-state index in [1.54, 1.807) is 5.01 Å². The van der Waals surface area contributed by atoms with E-state index < -0.39 is 0 Å². The molecule has 0 N–H and O–H groups in total. The summed E-state index contributed by atoms with van der Waals surface area (Å²) in [4.78, 5) is 57.9. The number of rotatable bonds is 9. The monoisotopic (exact) mass is 546 g/mol. The molecule has 4 rings (SSSR count). The molecule has 0 aliphatic heterocycles. The molecular weight excluding hydrogens is 512 g/mol. The first-order chi connectivity index (χ1) is 18.9. The maximum absolute atomic E-state index is 4.64. The Balaban J connectivity index is 1.81. The van der Waals surface area contributed by atoms with Gasteiger partial charge in [0.1, 0.15) is 53.3 Å². The molecule has 16 nitrogen and oxygen atoms in total. The van der Waals surface area contributed by atoms with Crippen LogP contribution in [0.1, 0.15) is 46.6 Å². The molecule has 0 amide bonds. The van der Waals surface area contributed by atoms with Gasteiger partial charge in [0.15, 0.2) is 0 Å². The summed E-state index contributed by atoms with van der Waals surface area (Å²) >= 11 is 0. The summed E-state index contributed by atoms with van der Waals surface area (Å²) in [6.45, 7) is 15.1. The number of nitrogens with zero attached hydrogens (tertiary/aromatic N) is 16. The Morgan fingerprint density at radius 2 is 0.700 bits per heavy atom. The van der Waals surface area contributed by atoms with Crippen molar-refractivity contribution in [2.24, 2.45) is 0 Å². The molecular formula is C24H34N16. The van der Waals surface area contributed by atoms with E-state index in [1.807, 2.05) is 84.3 Å². The molecule has 4 aromatic rings. The van der Waals surface area contributed by atoms with Crippen LogP contribution in [0, 0.1) is 55.4 Å². The van der Waals surface area contributed by atoms with Crippen molar-refractivity contribution in [3.05, 3.63) is 46.6 Å². The Kier molecular flexibility index (Phi) is 8.16. The Hall–Kier alpha value is -4.76. The maximum atomic E-state index is 4.64. The molecule has 0 bridgehead atoms. The summed E-state index contributed by atoms with van der Waals surface area (Å²) in [5.74, 6) is 6.62. The lowest BCUT2D eigenvalue weighted by Crippen LogP contribution is -2.52. The SMILES string of the molecule is Cc1nc(C)nc(N(C)CN(CN(c2nc(C)nc(C)n2)N(C)c2nc(C)nc(C)n2)c2nc(C)nc(C)n2)n1. The van der Waals surface area contributed by atoms with E-state index in [-0.39, 0.29) is 6.67 Å². The first-order valence-corrected chi connectivity index (χ1v) is 12.6. The van der Waals surface area contributed by atoms with Crippen LogP contribution in [0.5, 0.6) is 0 Å². The molecule has 210 valence electrons. The van der Waals surface area contributed by atoms with Crippen LogP contribution in [0.3, 0.4) is 0 Å². The minimum atomic E-state index is 0.208. The fourth-order valence-electron chi connectivity index (χ4n) is 4.02. The van der Waals surface area contributed by atoms with E-state index in [2.05, 4.69) is 59.8 Å². The highest BCUT2D eigenvalue weighted by molar-refractivity contribution is 5.47. The predicted molar refractivity (Wildman–Crippen MR) is 149 cm³/mol. The van der Waals surface area contributed by atoms with Gasteiger partial charge >= 0.3 is 0 Å². The van der Waals surface area contributed by atoms with Gasteiger partial charge in [-0.25, -0.2) is 24.9 Å². The van der Waals surface area contributed by atoms with Crippen LogP contribution >= 0.6 is 0 Å². The van der Waals surface area contributed by atoms with E-state index in [1.165, 1.54) is 0 Å². The number of anilines is 4. The number of aryl methyl sites for hydroxylation is 8. The van der Waals surface area contributed by atoms with Crippen molar-refractivity contribution in [2.45, 2.75) is 55.4 Å². The van der Waals surface area contributed by atoms with Crippen molar-refractivity contribution in [1.82, 2.24) is 59.8 Å². The molecule has 0 aliphatic carbocycles. The Bertz CT molecular complexity index is 1430. The second-order valence-corrected chi connectivity index (χ2v) is 9.36. The minimum Gasteiger partial charge on any atom is -0.326 e. The average molecular weight is 547 g/mol. The van der Waals surface area contributed by atoms with Crippen molar-refractivity contribution < 1.29 is 0 Å². The molecule has 0 aliphatic rings. The van der Waals surface area contributed by atoms with Crippen molar-refractivity contribution >= 4 is 23.8 Å². The number of aromatic nitrogens is 12. The highest BCUT2D eigenvalue weighted by Crippen LogP contribution is 2.20. The average Bonchev–Trinajstić information content (AvgIpc) is 2.83. The summed E-state index contributed by atoms with van der Waals surface area (Å²) in [6, 6.07) is 0. The molecule has 0 fully saturated rings. The van der Waals surface area contributed by atoms with Crippen LogP contribution in [-0.2, 0) is 0 Å². The Labute approximate surface area is 233 Å². The summed E-state index contributed by atoms with van der Waals surface area (Å²) in [6.07, 6.45) is 0. The van der Waals surface area contributed by atoms with Crippen molar-refractivity contribution in [3.8, 4) is 0 Å². The van der Waals surface area contributed by atoms with Gasteiger partial charge in [-0.05, 0) is 55.4 Å². The Morgan fingerprint density at radius 1 is 0.375 bits per heavy atom. The van der Waals surface area contributed by atoms with Crippen molar-refractivity contribution in [3.63, 3.8) is 0 Å². The normalized spacial score (nSPS) is 10.9. The third-order valence-electron chi connectivity index (χ3n) is 5.58. The summed E-state index contributed by atoms with van der Waals surface area (Å²) in [5.41, 5.74) is 0. The lowest BCUT2D eigenvalue weighted by atomic mass is 10.5. The molecule has 4 heterocycles. The molecule has 0 radical (unpaired) electrons. The zero-order valence-corrected chi connectivity index (χ0v) is 24.6. The van der Waals surface area contributed by atoms with Gasteiger partial charge < -0.3 is 9.80 Å². The summed E-state index contributed by atoms with van der Waals surface area (Å²) < 4.78 is 0. The van der Waals surface area contributed by atoms with Crippen LogP contribution in [-0.4, -0.2) is 87.2 Å². The van der Waals surface area contributed by atoms with Crippen molar-refractivity contribution in [2.75, 3.05) is 47.3 Å². The number of hydrazine groups is 1. The highest BCUT2D eigenvalue weighted by atomic mass is 15.7. The molecule has 4 aromatic heterocycles. The molecule has 0 aromatic carbocycles. The van der Waals surface area contributed by atoms with Crippen LogP contribution in [0.25, 0.3) is 0 Å². The third-order valence-corrected chi connectivity index (χ3v) is 5.58. The van der Waals surface area contributed by atoms with Gasteiger partial charge in [0, 0.05) is 14.1 Å². The van der Waals surface area contributed by atoms with Crippen LogP contribution in [0.2, 0.25) is 0 Å². The zero-order valence-electron chi connectivity index (χ0n) is 24.6. The van der Waals surface area contributed by atoms with Crippen molar-refractivity contribution in [1.29, 1.82) is 0 Å². The number of hydrogen-bond donors (Lipinski definition) is 0. The van der Waals surface area contributed by atoms with Gasteiger partial charge in [-0.1, -0.05) is 0 Å². The topological polar surface area (TPSA) is 168 Å². The summed E-state index contributed by atoms with van der Waals surface area (Å²) in [5, 5.41) is 3.61. The first kappa shape index (κ1) is 28.3. The molecule has 0 atom stereocenters. The van der Waals surface area contributed by atoms with Gasteiger partial charge in [-0.2, -0.15) is 39.9 Å². The molecule has 0 saturated heterocycles. The second kappa shape index (κ2) is 11.5. The quantitative estimate of drug-likeness (QED) is 0.217. The van der Waals surface area contributed by atoms with Crippen LogP contribution in [0.15, 0.2) is 0 Å². The van der Waals surface area contributed by atoms with E-state index >= 15 is 0 Å². The third kappa shape index (κ3) is 6.81. The summed E-state index contributed by atoms with van der Waals surface area (Å²) in [7, 11) is 3.74. The Morgan fingerprint density at radius 3 is 1.10 bits per heavy atom. The van der Waals surface area contributed by atoms with Crippen LogP contribution in [0.4, 0.5) is 23.8 Å². The smallest absolute Gasteiger partial charge is 0.249 e. The van der Waals surface area contributed by atoms with Crippen LogP contribution < -0.4 is 19.8 Å². The van der Waals surface area contributed by atoms with Gasteiger partial charge in [-0.15, -0.1) is 0 Å². The molecule has 0 saturated carbocycles. The fourth-order valence-corrected chi connectivity index (χ4v) is 4.02. The van der Waals surface area contributed by atoms with E-state index in [0.29, 0.717) is 77.1 Å². The highest BCUT2D eigenvalue weighted by Gasteiger charge is 2.26. The zero-order chi connectivity index (χ0) is 29.1. The molecule has 0 unspecified atom stereocenters. The maximum Gasteiger partial charge on any atom is 0.249 e. The second-order valence-electron chi connectivity index (χ2n) is 9.36. The van der Waals surface area contributed by atoms with E-state index in [4.69, 9.17) is 0 Å². The minimum absolute atomic E-state index is 0.208. The molecule has 0 spiro atoms. The number of hydrogen-bond acceptors (Lipinski definition) is 16. The van der Waals surface area contributed by atoms with Gasteiger partial charge in [-0.3, -0.25) is 5.01 Å². The van der Waals surface area contributed by atoms with E-state index in [0.717, 1.165) is 0 Å². The lowest BCUT2D eigenvalue weighted by Gasteiger charge is -2.37.